The predicted molar refractivity (Wildman–Crippen MR) is 115 cm³/mol. The van der Waals surface area contributed by atoms with Crippen LogP contribution in [0.5, 0.6) is 0 Å². The van der Waals surface area contributed by atoms with Crippen LogP contribution in [-0.4, -0.2) is 24.6 Å². The van der Waals surface area contributed by atoms with E-state index in [-0.39, 0.29) is 34.0 Å². The van der Waals surface area contributed by atoms with Gasteiger partial charge in [0, 0.05) is 32.4 Å². The Kier molecular flexibility index (Phi) is 6.21. The molecule has 3 rings (SSSR count). The van der Waals surface area contributed by atoms with Crippen LogP contribution in [0.2, 0.25) is 5.15 Å². The fourth-order valence-corrected chi connectivity index (χ4v) is 3.56. The lowest BCUT2D eigenvalue weighted by molar-refractivity contribution is 0.102. The number of nitrogens with one attached hydrogen (secondary N) is 1. The smallest absolute Gasteiger partial charge is 0.319 e. The van der Waals surface area contributed by atoms with E-state index in [4.69, 9.17) is 11.6 Å². The van der Waals surface area contributed by atoms with Crippen molar-refractivity contribution in [2.45, 2.75) is 39.8 Å². The van der Waals surface area contributed by atoms with Gasteiger partial charge in [-0.25, -0.2) is 9.78 Å². The van der Waals surface area contributed by atoms with Gasteiger partial charge in [-0.1, -0.05) is 25.4 Å². The van der Waals surface area contributed by atoms with Crippen molar-refractivity contribution in [1.82, 2.24) is 18.7 Å². The third-order valence-corrected chi connectivity index (χ3v) is 5.02. The van der Waals surface area contributed by atoms with Crippen molar-refractivity contribution in [3.05, 3.63) is 66.3 Å². The van der Waals surface area contributed by atoms with Crippen LogP contribution in [0.4, 0.5) is 5.69 Å². The molecule has 0 aliphatic carbocycles. The van der Waals surface area contributed by atoms with Crippen molar-refractivity contribution in [3.63, 3.8) is 0 Å². The Hall–Kier alpha value is -3.20. The topological polar surface area (TPSA) is 108 Å². The number of aromatic nitrogens is 4. The zero-order valence-corrected chi connectivity index (χ0v) is 17.7. The first-order valence-corrected chi connectivity index (χ1v) is 9.98. The summed E-state index contributed by atoms with van der Waals surface area (Å²) < 4.78 is 3.68. The summed E-state index contributed by atoms with van der Waals surface area (Å²) in [7, 11) is 1.49. The molecule has 0 saturated heterocycles. The fourth-order valence-electron chi connectivity index (χ4n) is 3.39. The molecule has 3 heterocycles. The van der Waals surface area contributed by atoms with Crippen molar-refractivity contribution in [1.29, 1.82) is 0 Å². The van der Waals surface area contributed by atoms with Crippen LogP contribution in [0.3, 0.4) is 0 Å². The average molecular weight is 432 g/mol. The van der Waals surface area contributed by atoms with Crippen LogP contribution in [0.1, 0.15) is 37.0 Å². The standard InChI is InChI=1S/C20H22ClN5O4/c1-4-9-25-14(27)11-12(17(28)23-13-7-6-8-22-16(13)21)15-18(25)24(3)20(30)26(10-5-2)19(15)29/h6-8,11H,4-5,9-10H2,1-3H3,(H,23,28). The number of fused-ring (bicyclic) bond motifs is 1. The first-order valence-electron chi connectivity index (χ1n) is 9.61. The summed E-state index contributed by atoms with van der Waals surface area (Å²) in [5.74, 6) is -0.686. The van der Waals surface area contributed by atoms with Gasteiger partial charge >= 0.3 is 5.69 Å². The average Bonchev–Trinajstić information content (AvgIpc) is 2.72. The lowest BCUT2D eigenvalue weighted by Crippen LogP contribution is -2.42. The summed E-state index contributed by atoms with van der Waals surface area (Å²) in [5, 5.41) is 2.68. The molecule has 10 heteroatoms. The molecule has 0 unspecified atom stereocenters. The first-order chi connectivity index (χ1) is 14.3. The van der Waals surface area contributed by atoms with Gasteiger partial charge in [0.05, 0.1) is 16.6 Å². The molecule has 1 N–H and O–H groups in total. The Balaban J connectivity index is 2.37. The number of hydrogen-bond acceptors (Lipinski definition) is 5. The van der Waals surface area contributed by atoms with Crippen LogP contribution in [0.25, 0.3) is 11.0 Å². The number of carbonyl (C=O) groups excluding carboxylic acids is 1. The third kappa shape index (κ3) is 3.68. The minimum Gasteiger partial charge on any atom is -0.319 e. The summed E-state index contributed by atoms with van der Waals surface area (Å²) >= 11 is 6.01. The predicted octanol–water partition coefficient (Wildman–Crippen LogP) is 1.98. The number of anilines is 1. The Labute approximate surface area is 176 Å². The molecule has 3 aromatic rings. The molecule has 1 amide bonds. The van der Waals surface area contributed by atoms with Crippen molar-refractivity contribution >= 4 is 34.2 Å². The van der Waals surface area contributed by atoms with E-state index in [1.807, 2.05) is 13.8 Å². The molecule has 3 aromatic heterocycles. The number of pyridine rings is 2. The highest BCUT2D eigenvalue weighted by atomic mass is 35.5. The van der Waals surface area contributed by atoms with Gasteiger partial charge in [0.25, 0.3) is 17.0 Å². The van der Waals surface area contributed by atoms with Crippen LogP contribution in [0.15, 0.2) is 38.8 Å². The van der Waals surface area contributed by atoms with Gasteiger partial charge < -0.3 is 5.32 Å². The zero-order chi connectivity index (χ0) is 22.0. The molecule has 30 heavy (non-hydrogen) atoms. The van der Waals surface area contributed by atoms with Gasteiger partial charge in [-0.2, -0.15) is 0 Å². The molecule has 0 radical (unpaired) electrons. The Morgan fingerprint density at radius 1 is 1.13 bits per heavy atom. The monoisotopic (exact) mass is 431 g/mol. The lowest BCUT2D eigenvalue weighted by atomic mass is 10.1. The van der Waals surface area contributed by atoms with E-state index in [9.17, 15) is 19.2 Å². The SMILES string of the molecule is CCCn1c(=O)c2c(C(=O)Nc3cccnc3Cl)cc(=O)n(CCC)c2n(C)c1=O. The maximum atomic E-state index is 13.2. The minimum atomic E-state index is -0.686. The van der Waals surface area contributed by atoms with Crippen molar-refractivity contribution in [3.8, 4) is 0 Å². The Morgan fingerprint density at radius 2 is 1.80 bits per heavy atom. The van der Waals surface area contributed by atoms with Gasteiger partial charge in [0.1, 0.15) is 5.65 Å². The van der Waals surface area contributed by atoms with E-state index >= 15 is 0 Å². The fraction of sp³-hybridized carbons (Fsp3) is 0.350. The van der Waals surface area contributed by atoms with Gasteiger partial charge in [0.15, 0.2) is 5.15 Å². The normalized spacial score (nSPS) is 11.1. The second-order valence-corrected chi connectivity index (χ2v) is 7.20. The molecular formula is C20H22ClN5O4. The molecule has 0 aromatic carbocycles. The maximum Gasteiger partial charge on any atom is 0.332 e. The number of halogens is 1. The van der Waals surface area contributed by atoms with Gasteiger partial charge in [-0.05, 0) is 25.0 Å². The molecule has 0 bridgehead atoms. The highest BCUT2D eigenvalue weighted by molar-refractivity contribution is 6.32. The highest BCUT2D eigenvalue weighted by Gasteiger charge is 2.23. The summed E-state index contributed by atoms with van der Waals surface area (Å²) in [6, 6.07) is 4.27. The summed E-state index contributed by atoms with van der Waals surface area (Å²) in [6.45, 7) is 4.21. The second-order valence-electron chi connectivity index (χ2n) is 6.84. The number of aryl methyl sites for hydroxylation is 2. The number of amides is 1. The lowest BCUT2D eigenvalue weighted by Gasteiger charge is -2.17. The number of carbonyl (C=O) groups is 1. The largest absolute Gasteiger partial charge is 0.332 e. The maximum absolute atomic E-state index is 13.2. The second kappa shape index (κ2) is 8.66. The zero-order valence-electron chi connectivity index (χ0n) is 16.9. The van der Waals surface area contributed by atoms with Crippen LogP contribution in [-0.2, 0) is 20.1 Å². The molecule has 158 valence electrons. The van der Waals surface area contributed by atoms with Gasteiger partial charge in [-0.3, -0.25) is 28.1 Å². The summed E-state index contributed by atoms with van der Waals surface area (Å²) in [6.07, 6.45) is 2.64. The van der Waals surface area contributed by atoms with E-state index < -0.39 is 22.7 Å². The number of rotatable bonds is 6. The van der Waals surface area contributed by atoms with E-state index in [1.165, 1.54) is 22.4 Å². The molecule has 9 nitrogen and oxygen atoms in total. The molecule has 0 atom stereocenters. The molecule has 0 saturated carbocycles. The van der Waals surface area contributed by atoms with Crippen LogP contribution in [0, 0.1) is 0 Å². The van der Waals surface area contributed by atoms with Crippen molar-refractivity contribution < 1.29 is 4.79 Å². The quantitative estimate of drug-likeness (QED) is 0.600. The highest BCUT2D eigenvalue weighted by Crippen LogP contribution is 2.20. The van der Waals surface area contributed by atoms with E-state index in [0.717, 1.165) is 10.6 Å². The van der Waals surface area contributed by atoms with Gasteiger partial charge in [-0.15, -0.1) is 0 Å². The van der Waals surface area contributed by atoms with Crippen molar-refractivity contribution in [2.24, 2.45) is 7.05 Å². The molecule has 0 aliphatic rings. The third-order valence-electron chi connectivity index (χ3n) is 4.72. The van der Waals surface area contributed by atoms with E-state index in [2.05, 4.69) is 10.3 Å². The minimum absolute atomic E-state index is 0.0103. The van der Waals surface area contributed by atoms with Gasteiger partial charge in [0.2, 0.25) is 0 Å². The van der Waals surface area contributed by atoms with E-state index in [1.54, 1.807) is 12.1 Å². The first kappa shape index (κ1) is 21.5. The molecular weight excluding hydrogens is 410 g/mol. The molecule has 0 spiro atoms. The Bertz CT molecular complexity index is 1310. The summed E-state index contributed by atoms with van der Waals surface area (Å²) in [5.41, 5.74) is -1.38. The van der Waals surface area contributed by atoms with Crippen LogP contribution < -0.4 is 22.1 Å². The molecule has 0 fully saturated rings. The van der Waals surface area contributed by atoms with E-state index in [0.29, 0.717) is 19.4 Å². The Morgan fingerprint density at radius 3 is 2.43 bits per heavy atom. The number of nitrogens with zero attached hydrogens (tertiary/aromatic N) is 4. The molecule has 0 aliphatic heterocycles. The number of hydrogen-bond donors (Lipinski definition) is 1. The van der Waals surface area contributed by atoms with Crippen LogP contribution >= 0.6 is 11.6 Å². The summed E-state index contributed by atoms with van der Waals surface area (Å²) in [4.78, 5) is 55.7. The van der Waals surface area contributed by atoms with Crippen molar-refractivity contribution in [2.75, 3.05) is 5.32 Å².